The van der Waals surface area contributed by atoms with Gasteiger partial charge in [0.1, 0.15) is 0 Å². The Bertz CT molecular complexity index is 1550. The maximum atomic E-state index is 2.36. The molecular weight excluding hydrogens is 386 g/mol. The second-order valence-electron chi connectivity index (χ2n) is 8.37. The van der Waals surface area contributed by atoms with E-state index in [4.69, 9.17) is 0 Å². The van der Waals surface area contributed by atoms with E-state index in [9.17, 15) is 0 Å². The minimum absolute atomic E-state index is 1.19. The van der Waals surface area contributed by atoms with Crippen LogP contribution in [-0.2, 0) is 0 Å². The summed E-state index contributed by atoms with van der Waals surface area (Å²) in [5.41, 5.74) is 9.93. The quantitative estimate of drug-likeness (QED) is 0.276. The first kappa shape index (κ1) is 18.7. The van der Waals surface area contributed by atoms with Gasteiger partial charge in [0, 0.05) is 16.5 Å². The van der Waals surface area contributed by atoms with Gasteiger partial charge in [-0.25, -0.2) is 0 Å². The molecule has 0 fully saturated rings. The Kier molecular flexibility index (Phi) is 4.40. The number of hydrogen-bond donors (Lipinski definition) is 0. The van der Waals surface area contributed by atoms with E-state index < -0.39 is 0 Å². The third-order valence-electron chi connectivity index (χ3n) is 6.26. The van der Waals surface area contributed by atoms with E-state index in [0.717, 1.165) is 0 Å². The third-order valence-corrected chi connectivity index (χ3v) is 6.26. The van der Waals surface area contributed by atoms with E-state index in [2.05, 4.69) is 133 Å². The van der Waals surface area contributed by atoms with Crippen LogP contribution >= 0.6 is 0 Å². The summed E-state index contributed by atoms with van der Waals surface area (Å²) in [5.74, 6) is 0. The molecule has 0 unspecified atom stereocenters. The molecule has 0 radical (unpaired) electrons. The molecule has 0 saturated heterocycles. The summed E-state index contributed by atoms with van der Waals surface area (Å²) in [6.45, 7) is 2.14. The summed E-state index contributed by atoms with van der Waals surface area (Å²) >= 11 is 0. The van der Waals surface area contributed by atoms with E-state index in [1.807, 2.05) is 0 Å². The molecule has 0 spiro atoms. The molecule has 0 saturated carbocycles. The number of fused-ring (bicyclic) bond motifs is 3. The van der Waals surface area contributed by atoms with E-state index in [-0.39, 0.29) is 0 Å². The van der Waals surface area contributed by atoms with Gasteiger partial charge in [0.05, 0.1) is 11.0 Å². The molecule has 0 N–H and O–H groups in total. The molecule has 0 atom stereocenters. The Hall–Kier alpha value is -4.10. The van der Waals surface area contributed by atoms with E-state index >= 15 is 0 Å². The van der Waals surface area contributed by atoms with E-state index in [0.29, 0.717) is 0 Å². The van der Waals surface area contributed by atoms with E-state index in [1.54, 1.807) is 0 Å². The van der Waals surface area contributed by atoms with Crippen LogP contribution in [0, 0.1) is 6.92 Å². The number of aromatic nitrogens is 1. The number of benzene rings is 5. The highest BCUT2D eigenvalue weighted by Gasteiger charge is 2.12. The Morgan fingerprint density at radius 3 is 1.81 bits per heavy atom. The van der Waals surface area contributed by atoms with Gasteiger partial charge in [-0.15, -0.1) is 0 Å². The molecule has 0 bridgehead atoms. The number of para-hydroxylation sites is 2. The Balaban J connectivity index is 1.48. The maximum absolute atomic E-state index is 2.36. The van der Waals surface area contributed by atoms with Gasteiger partial charge in [-0.05, 0) is 59.5 Å². The van der Waals surface area contributed by atoms with Crippen LogP contribution < -0.4 is 0 Å². The third kappa shape index (κ3) is 3.11. The molecule has 1 heteroatoms. The van der Waals surface area contributed by atoms with Crippen LogP contribution in [0.25, 0.3) is 49.7 Å². The summed E-state index contributed by atoms with van der Waals surface area (Å²) < 4.78 is 2.36. The molecule has 0 aliphatic heterocycles. The standard InChI is InChI=1S/C31H23N/c1-22-8-7-9-25(20-22)23-14-16-24(17-15-23)26-18-19-31-29(21-26)28-12-5-6-13-30(28)32(31)27-10-3-2-4-11-27/h2-21H,1H3. The lowest BCUT2D eigenvalue weighted by atomic mass is 9.98. The van der Waals surface area contributed by atoms with Crippen molar-refractivity contribution >= 4 is 21.8 Å². The highest BCUT2D eigenvalue weighted by molar-refractivity contribution is 6.10. The van der Waals surface area contributed by atoms with Gasteiger partial charge < -0.3 is 4.57 Å². The predicted octanol–water partition coefficient (Wildman–Crippen LogP) is 8.43. The lowest BCUT2D eigenvalue weighted by Gasteiger charge is -2.09. The maximum Gasteiger partial charge on any atom is 0.0541 e. The molecule has 152 valence electrons. The molecule has 1 aromatic heterocycles. The van der Waals surface area contributed by atoms with Crippen molar-refractivity contribution in [3.8, 4) is 27.9 Å². The highest BCUT2D eigenvalue weighted by atomic mass is 15.0. The molecule has 6 aromatic rings. The SMILES string of the molecule is Cc1cccc(-c2ccc(-c3ccc4c(c3)c3ccccc3n4-c3ccccc3)cc2)c1. The highest BCUT2D eigenvalue weighted by Crippen LogP contribution is 2.35. The first-order valence-electron chi connectivity index (χ1n) is 11.0. The second-order valence-corrected chi connectivity index (χ2v) is 8.37. The van der Waals surface area contributed by atoms with Crippen molar-refractivity contribution in [2.24, 2.45) is 0 Å². The normalized spacial score (nSPS) is 11.3. The van der Waals surface area contributed by atoms with Crippen LogP contribution in [0.15, 0.2) is 121 Å². The molecule has 6 rings (SSSR count). The van der Waals surface area contributed by atoms with Gasteiger partial charge in [-0.2, -0.15) is 0 Å². The first-order chi connectivity index (χ1) is 15.8. The fraction of sp³-hybridized carbons (Fsp3) is 0.0323. The van der Waals surface area contributed by atoms with Crippen LogP contribution in [0.2, 0.25) is 0 Å². The zero-order valence-electron chi connectivity index (χ0n) is 18.0. The Morgan fingerprint density at radius 2 is 1.06 bits per heavy atom. The molecule has 0 aliphatic carbocycles. The zero-order valence-corrected chi connectivity index (χ0v) is 18.0. The molecule has 32 heavy (non-hydrogen) atoms. The van der Waals surface area contributed by atoms with Gasteiger partial charge in [0.25, 0.3) is 0 Å². The molecule has 5 aromatic carbocycles. The fourth-order valence-electron chi connectivity index (χ4n) is 4.69. The van der Waals surface area contributed by atoms with Crippen LogP contribution in [0.5, 0.6) is 0 Å². The van der Waals surface area contributed by atoms with Crippen LogP contribution in [0.4, 0.5) is 0 Å². The van der Waals surface area contributed by atoms with Gasteiger partial charge >= 0.3 is 0 Å². The number of nitrogens with zero attached hydrogens (tertiary/aromatic N) is 1. The van der Waals surface area contributed by atoms with Gasteiger partial charge in [-0.3, -0.25) is 0 Å². The van der Waals surface area contributed by atoms with Gasteiger partial charge in [0.2, 0.25) is 0 Å². The van der Waals surface area contributed by atoms with Crippen LogP contribution in [-0.4, -0.2) is 4.57 Å². The number of hydrogen-bond acceptors (Lipinski definition) is 0. The van der Waals surface area contributed by atoms with Crippen molar-refractivity contribution in [2.45, 2.75) is 6.92 Å². The number of aryl methyl sites for hydroxylation is 1. The van der Waals surface area contributed by atoms with Crippen molar-refractivity contribution in [2.75, 3.05) is 0 Å². The van der Waals surface area contributed by atoms with Crippen molar-refractivity contribution < 1.29 is 0 Å². The summed E-state index contributed by atoms with van der Waals surface area (Å²) in [6, 6.07) is 43.7. The summed E-state index contributed by atoms with van der Waals surface area (Å²) in [5, 5.41) is 2.56. The molecule has 0 amide bonds. The Labute approximate surface area is 188 Å². The molecule has 1 heterocycles. The molecule has 0 aliphatic rings. The average molecular weight is 410 g/mol. The first-order valence-corrected chi connectivity index (χ1v) is 11.0. The smallest absolute Gasteiger partial charge is 0.0541 e. The summed E-state index contributed by atoms with van der Waals surface area (Å²) in [4.78, 5) is 0. The van der Waals surface area contributed by atoms with Crippen LogP contribution in [0.3, 0.4) is 0 Å². The average Bonchev–Trinajstić information content (AvgIpc) is 3.18. The number of rotatable bonds is 3. The second kappa shape index (κ2) is 7.55. The lowest BCUT2D eigenvalue weighted by molar-refractivity contribution is 1.18. The van der Waals surface area contributed by atoms with Crippen molar-refractivity contribution in [1.29, 1.82) is 0 Å². The van der Waals surface area contributed by atoms with Crippen molar-refractivity contribution in [3.05, 3.63) is 127 Å². The monoisotopic (exact) mass is 409 g/mol. The minimum Gasteiger partial charge on any atom is -0.309 e. The topological polar surface area (TPSA) is 4.93 Å². The fourth-order valence-corrected chi connectivity index (χ4v) is 4.69. The van der Waals surface area contributed by atoms with Crippen LogP contribution in [0.1, 0.15) is 5.56 Å². The molecular formula is C31H23N. The van der Waals surface area contributed by atoms with Crippen molar-refractivity contribution in [3.63, 3.8) is 0 Å². The minimum atomic E-state index is 1.19. The largest absolute Gasteiger partial charge is 0.309 e. The zero-order chi connectivity index (χ0) is 21.5. The Morgan fingerprint density at radius 1 is 0.438 bits per heavy atom. The van der Waals surface area contributed by atoms with E-state index in [1.165, 1.54) is 55.3 Å². The summed E-state index contributed by atoms with van der Waals surface area (Å²) in [7, 11) is 0. The van der Waals surface area contributed by atoms with Gasteiger partial charge in [-0.1, -0.05) is 96.6 Å². The summed E-state index contributed by atoms with van der Waals surface area (Å²) in [6.07, 6.45) is 0. The lowest BCUT2D eigenvalue weighted by Crippen LogP contribution is -1.92. The van der Waals surface area contributed by atoms with Gasteiger partial charge in [0.15, 0.2) is 0 Å². The molecule has 1 nitrogen and oxygen atoms in total. The van der Waals surface area contributed by atoms with Crippen molar-refractivity contribution in [1.82, 2.24) is 4.57 Å². The predicted molar refractivity (Wildman–Crippen MR) is 136 cm³/mol.